The number of carboxylic acid groups (broad SMARTS) is 1. The average molecular weight is 417 g/mol. The molecule has 3 aromatic carbocycles. The highest BCUT2D eigenvalue weighted by molar-refractivity contribution is 6.05. The van der Waals surface area contributed by atoms with E-state index >= 15 is 0 Å². The fraction of sp³-hybridized carbons (Fsp3) is 0.0435. The first kappa shape index (κ1) is 20.0. The van der Waals surface area contributed by atoms with Gasteiger partial charge in [-0.15, -0.1) is 0 Å². The monoisotopic (exact) mass is 417 g/mol. The van der Waals surface area contributed by atoms with Gasteiger partial charge in [0.05, 0.1) is 16.6 Å². The first-order valence-electron chi connectivity index (χ1n) is 9.26. The maximum absolute atomic E-state index is 13.4. The number of ether oxygens (including phenoxy) is 1. The van der Waals surface area contributed by atoms with Crippen LogP contribution in [0.3, 0.4) is 0 Å². The molecule has 0 saturated carbocycles. The van der Waals surface area contributed by atoms with Crippen LogP contribution in [0, 0.1) is 12.7 Å². The van der Waals surface area contributed by atoms with Crippen LogP contribution in [0.2, 0.25) is 0 Å². The van der Waals surface area contributed by atoms with Crippen molar-refractivity contribution in [1.82, 2.24) is 9.97 Å². The third kappa shape index (κ3) is 4.32. The van der Waals surface area contributed by atoms with Gasteiger partial charge in [0, 0.05) is 5.69 Å². The number of fused-ring (bicyclic) bond motifs is 1. The van der Waals surface area contributed by atoms with Gasteiger partial charge in [-0.2, -0.15) is 0 Å². The number of hydrogen-bond acceptors (Lipinski definition) is 5. The topological polar surface area (TPSA) is 101 Å². The van der Waals surface area contributed by atoms with Crippen LogP contribution in [0.5, 0.6) is 11.6 Å². The van der Waals surface area contributed by atoms with Gasteiger partial charge in [0.25, 0.3) is 11.8 Å². The Bertz CT molecular complexity index is 1310. The minimum absolute atomic E-state index is 0.0342. The second kappa shape index (κ2) is 8.19. The van der Waals surface area contributed by atoms with Crippen molar-refractivity contribution in [3.63, 3.8) is 0 Å². The fourth-order valence-electron chi connectivity index (χ4n) is 2.92. The van der Waals surface area contributed by atoms with Gasteiger partial charge in [-0.05, 0) is 67.1 Å². The molecular weight excluding hydrogens is 401 g/mol. The van der Waals surface area contributed by atoms with E-state index in [4.69, 9.17) is 9.84 Å². The first-order valence-corrected chi connectivity index (χ1v) is 9.26. The molecule has 1 amide bonds. The summed E-state index contributed by atoms with van der Waals surface area (Å²) in [6.07, 6.45) is 0. The number of nitrogens with zero attached hydrogens (tertiary/aromatic N) is 2. The molecule has 31 heavy (non-hydrogen) atoms. The number of anilines is 1. The molecule has 0 aliphatic heterocycles. The van der Waals surface area contributed by atoms with Crippen molar-refractivity contribution in [3.8, 4) is 11.6 Å². The van der Waals surface area contributed by atoms with E-state index in [-0.39, 0.29) is 17.1 Å². The summed E-state index contributed by atoms with van der Waals surface area (Å²) in [4.78, 5) is 32.8. The molecule has 0 atom stereocenters. The number of benzene rings is 3. The summed E-state index contributed by atoms with van der Waals surface area (Å²) in [5.41, 5.74) is 1.97. The normalized spacial score (nSPS) is 10.6. The number of nitrogens with one attached hydrogen (secondary N) is 1. The molecule has 0 spiro atoms. The Hall–Kier alpha value is -4.33. The maximum Gasteiger partial charge on any atom is 0.335 e. The summed E-state index contributed by atoms with van der Waals surface area (Å²) in [5, 5.41) is 11.7. The Labute approximate surface area is 176 Å². The van der Waals surface area contributed by atoms with Gasteiger partial charge in [0.15, 0.2) is 5.69 Å². The Balaban J connectivity index is 1.71. The Kier molecular flexibility index (Phi) is 5.28. The lowest BCUT2D eigenvalue weighted by atomic mass is 10.2. The lowest BCUT2D eigenvalue weighted by Crippen LogP contribution is -2.16. The van der Waals surface area contributed by atoms with Crippen LogP contribution in [0.15, 0.2) is 66.7 Å². The third-order valence-corrected chi connectivity index (χ3v) is 4.49. The molecule has 0 saturated heterocycles. The van der Waals surface area contributed by atoms with Crippen molar-refractivity contribution >= 4 is 28.6 Å². The van der Waals surface area contributed by atoms with Crippen LogP contribution in [-0.4, -0.2) is 27.0 Å². The highest BCUT2D eigenvalue weighted by Gasteiger charge is 2.20. The minimum atomic E-state index is -1.07. The number of hydrogen-bond donors (Lipinski definition) is 2. The van der Waals surface area contributed by atoms with Crippen LogP contribution in [0.4, 0.5) is 10.1 Å². The van der Waals surface area contributed by atoms with E-state index in [1.165, 1.54) is 42.5 Å². The molecule has 0 unspecified atom stereocenters. The van der Waals surface area contributed by atoms with Crippen LogP contribution in [0.1, 0.15) is 26.4 Å². The van der Waals surface area contributed by atoms with Gasteiger partial charge in [-0.3, -0.25) is 4.79 Å². The summed E-state index contributed by atoms with van der Waals surface area (Å²) >= 11 is 0. The molecule has 0 aliphatic carbocycles. The van der Waals surface area contributed by atoms with Gasteiger partial charge in [0.2, 0.25) is 0 Å². The lowest BCUT2D eigenvalue weighted by Gasteiger charge is -2.13. The van der Waals surface area contributed by atoms with Crippen molar-refractivity contribution in [3.05, 3.63) is 89.4 Å². The molecule has 1 heterocycles. The SMILES string of the molecule is Cc1cc(F)ccc1Oc1nc2ccccc2nc1C(=O)Nc1ccc(C(=O)O)cc1. The third-order valence-electron chi connectivity index (χ3n) is 4.49. The second-order valence-corrected chi connectivity index (χ2v) is 6.71. The molecular formula is C23H16FN3O4. The van der Waals surface area contributed by atoms with Crippen molar-refractivity contribution in [2.24, 2.45) is 0 Å². The van der Waals surface area contributed by atoms with E-state index in [2.05, 4.69) is 15.3 Å². The van der Waals surface area contributed by atoms with Gasteiger partial charge in [-0.1, -0.05) is 12.1 Å². The average Bonchev–Trinajstić information content (AvgIpc) is 2.75. The standard InChI is InChI=1S/C23H16FN3O4/c1-13-12-15(24)8-11-19(13)31-22-20(26-17-4-2-3-5-18(17)27-22)21(28)25-16-9-6-14(7-10-16)23(29)30/h2-12H,1H3,(H,25,28)(H,29,30). The number of aryl methyl sites for hydroxylation is 1. The van der Waals surface area contributed by atoms with Crippen LogP contribution in [-0.2, 0) is 0 Å². The number of carbonyl (C=O) groups excluding carboxylic acids is 1. The van der Waals surface area contributed by atoms with E-state index in [1.54, 1.807) is 31.2 Å². The Morgan fingerprint density at radius 2 is 1.65 bits per heavy atom. The van der Waals surface area contributed by atoms with Gasteiger partial charge in [-0.25, -0.2) is 19.2 Å². The first-order chi connectivity index (χ1) is 14.9. The Morgan fingerprint density at radius 3 is 2.29 bits per heavy atom. The number of amides is 1. The number of aromatic carboxylic acids is 1. The molecule has 2 N–H and O–H groups in total. The zero-order chi connectivity index (χ0) is 22.0. The number of para-hydroxylation sites is 2. The van der Waals surface area contributed by atoms with E-state index in [0.29, 0.717) is 28.0 Å². The van der Waals surface area contributed by atoms with E-state index in [1.807, 2.05) is 0 Å². The summed E-state index contributed by atoms with van der Waals surface area (Å²) in [7, 11) is 0. The van der Waals surface area contributed by atoms with Gasteiger partial charge in [0.1, 0.15) is 11.6 Å². The van der Waals surface area contributed by atoms with Crippen LogP contribution >= 0.6 is 0 Å². The fourth-order valence-corrected chi connectivity index (χ4v) is 2.92. The van der Waals surface area contributed by atoms with Crippen molar-refractivity contribution < 1.29 is 23.8 Å². The molecule has 1 aromatic heterocycles. The quantitative estimate of drug-likeness (QED) is 0.483. The van der Waals surface area contributed by atoms with E-state index < -0.39 is 17.7 Å². The predicted octanol–water partition coefficient (Wildman–Crippen LogP) is 4.82. The minimum Gasteiger partial charge on any atom is -0.478 e. The van der Waals surface area contributed by atoms with Crippen molar-refractivity contribution in [1.29, 1.82) is 0 Å². The molecule has 8 heteroatoms. The lowest BCUT2D eigenvalue weighted by molar-refractivity contribution is 0.0696. The van der Waals surface area contributed by atoms with Crippen molar-refractivity contribution in [2.45, 2.75) is 6.92 Å². The summed E-state index contributed by atoms with van der Waals surface area (Å²) in [6.45, 7) is 1.68. The Morgan fingerprint density at radius 1 is 0.968 bits per heavy atom. The molecule has 4 aromatic rings. The summed E-state index contributed by atoms with van der Waals surface area (Å²) < 4.78 is 19.3. The zero-order valence-electron chi connectivity index (χ0n) is 16.3. The molecule has 0 radical (unpaired) electrons. The smallest absolute Gasteiger partial charge is 0.335 e. The maximum atomic E-state index is 13.4. The van der Waals surface area contributed by atoms with Crippen molar-refractivity contribution in [2.75, 3.05) is 5.32 Å². The number of carbonyl (C=O) groups is 2. The van der Waals surface area contributed by atoms with Crippen LogP contribution < -0.4 is 10.1 Å². The van der Waals surface area contributed by atoms with Crippen LogP contribution in [0.25, 0.3) is 11.0 Å². The van der Waals surface area contributed by atoms with Gasteiger partial charge >= 0.3 is 5.97 Å². The number of rotatable bonds is 5. The predicted molar refractivity (Wildman–Crippen MR) is 112 cm³/mol. The van der Waals surface area contributed by atoms with E-state index in [0.717, 1.165) is 0 Å². The van der Waals surface area contributed by atoms with Gasteiger partial charge < -0.3 is 15.2 Å². The molecule has 4 rings (SSSR count). The molecule has 0 fully saturated rings. The number of carboxylic acids is 1. The highest BCUT2D eigenvalue weighted by atomic mass is 19.1. The number of aromatic nitrogens is 2. The summed E-state index contributed by atoms with van der Waals surface area (Å²) in [5.74, 6) is -1.75. The molecule has 0 aliphatic rings. The zero-order valence-corrected chi connectivity index (χ0v) is 16.3. The largest absolute Gasteiger partial charge is 0.478 e. The summed E-state index contributed by atoms with van der Waals surface area (Å²) in [6, 6.07) is 16.7. The highest BCUT2D eigenvalue weighted by Crippen LogP contribution is 2.28. The molecule has 7 nitrogen and oxygen atoms in total. The molecule has 154 valence electrons. The second-order valence-electron chi connectivity index (χ2n) is 6.71. The molecule has 0 bridgehead atoms. The number of halogens is 1. The van der Waals surface area contributed by atoms with E-state index in [9.17, 15) is 14.0 Å².